The van der Waals surface area contributed by atoms with Gasteiger partial charge in [0.15, 0.2) is 16.0 Å². The van der Waals surface area contributed by atoms with Crippen LogP contribution >= 0.6 is 28.7 Å². The third kappa shape index (κ3) is 5.46. The molecule has 0 amide bonds. The molecule has 0 aromatic carbocycles. The molecule has 1 aromatic rings. The minimum atomic E-state index is -0.504. The number of thioether (sulfide) groups is 1. The van der Waals surface area contributed by atoms with Gasteiger partial charge in [0.1, 0.15) is 0 Å². The van der Waals surface area contributed by atoms with E-state index in [9.17, 15) is 4.79 Å². The van der Waals surface area contributed by atoms with Gasteiger partial charge < -0.3 is 10.5 Å². The molecule has 1 heterocycles. The van der Waals surface area contributed by atoms with Crippen LogP contribution in [-0.2, 0) is 4.74 Å². The number of esters is 1. The van der Waals surface area contributed by atoms with Crippen molar-refractivity contribution in [3.63, 3.8) is 0 Å². The molecule has 1 rings (SSSR count). The molecule has 8 heteroatoms. The van der Waals surface area contributed by atoms with E-state index in [-0.39, 0.29) is 39.1 Å². The number of ether oxygens (including phenoxy) is 1. The summed E-state index contributed by atoms with van der Waals surface area (Å²) in [6.45, 7) is 5.26. The van der Waals surface area contributed by atoms with Gasteiger partial charge in [0.25, 0.3) is 0 Å². The highest BCUT2D eigenvalue weighted by molar-refractivity contribution is 8.93. The summed E-state index contributed by atoms with van der Waals surface area (Å²) < 4.78 is 5.03. The number of rotatable bonds is 3. The summed E-state index contributed by atoms with van der Waals surface area (Å²) in [6.07, 6.45) is -0.207. The Morgan fingerprint density at radius 1 is 1.50 bits per heavy atom. The Labute approximate surface area is 120 Å². The molecule has 0 atom stereocenters. The molecule has 0 saturated carbocycles. The van der Waals surface area contributed by atoms with Crippen LogP contribution in [0.3, 0.4) is 0 Å². The molecule has 3 N–H and O–H groups in total. The molecule has 6 nitrogen and oxygen atoms in total. The molecular weight excluding hydrogens is 320 g/mol. The van der Waals surface area contributed by atoms with Crippen molar-refractivity contribution in [2.45, 2.75) is 32.0 Å². The Balaban J connectivity index is 0.00000289. The largest absolute Gasteiger partial charge is 0.458 e. The van der Waals surface area contributed by atoms with Crippen molar-refractivity contribution in [1.82, 2.24) is 9.97 Å². The van der Waals surface area contributed by atoms with Gasteiger partial charge in [-0.1, -0.05) is 0 Å². The first-order valence-electron chi connectivity index (χ1n) is 4.97. The maximum Gasteiger partial charge on any atom is 0.357 e. The predicted molar refractivity (Wildman–Crippen MR) is 75.4 cm³/mol. The Morgan fingerprint density at radius 3 is 2.61 bits per heavy atom. The van der Waals surface area contributed by atoms with Crippen LogP contribution in [-0.4, -0.2) is 27.2 Å². The maximum absolute atomic E-state index is 11.6. The Hall–Kier alpha value is -1.15. The highest BCUT2D eigenvalue weighted by Gasteiger charge is 2.14. The molecule has 0 aliphatic heterocycles. The summed E-state index contributed by atoms with van der Waals surface area (Å²) in [5.41, 5.74) is 6.03. The van der Waals surface area contributed by atoms with E-state index in [1.165, 1.54) is 6.07 Å². The van der Waals surface area contributed by atoms with Crippen molar-refractivity contribution < 1.29 is 9.53 Å². The topological polar surface area (TPSA) is 102 Å². The lowest BCUT2D eigenvalue weighted by molar-refractivity contribution is 0.0369. The van der Waals surface area contributed by atoms with Crippen molar-refractivity contribution in [1.29, 1.82) is 5.41 Å². The Bertz CT molecular complexity index is 454. The van der Waals surface area contributed by atoms with E-state index in [1.54, 1.807) is 20.8 Å². The average Bonchev–Trinajstić information content (AvgIpc) is 2.14. The zero-order valence-corrected chi connectivity index (χ0v) is 12.8. The SMILES string of the molecule is Br.Cc1cc(C(=O)OC(C)C)nc(SC(=N)N)n1. The van der Waals surface area contributed by atoms with Crippen LogP contribution in [0.25, 0.3) is 0 Å². The fourth-order valence-electron chi connectivity index (χ4n) is 1.06. The first-order chi connectivity index (χ1) is 7.88. The van der Waals surface area contributed by atoms with E-state index in [0.29, 0.717) is 5.69 Å². The van der Waals surface area contributed by atoms with Crippen molar-refractivity contribution in [2.24, 2.45) is 5.73 Å². The maximum atomic E-state index is 11.6. The molecule has 0 bridgehead atoms. The number of nitrogens with one attached hydrogen (secondary N) is 1. The number of amidine groups is 1. The highest BCUT2D eigenvalue weighted by Crippen LogP contribution is 2.14. The number of carbonyl (C=O) groups excluding carboxylic acids is 1. The van der Waals surface area contributed by atoms with Gasteiger partial charge in [-0.2, -0.15) is 0 Å². The summed E-state index contributed by atoms with van der Waals surface area (Å²) >= 11 is 0.894. The van der Waals surface area contributed by atoms with Crippen molar-refractivity contribution in [2.75, 3.05) is 0 Å². The van der Waals surface area contributed by atoms with Crippen LogP contribution in [0.15, 0.2) is 11.2 Å². The van der Waals surface area contributed by atoms with Crippen molar-refractivity contribution in [3.05, 3.63) is 17.5 Å². The number of aryl methyl sites for hydroxylation is 1. The molecule has 0 fully saturated rings. The molecule has 0 aliphatic rings. The zero-order valence-electron chi connectivity index (χ0n) is 10.3. The monoisotopic (exact) mass is 334 g/mol. The fraction of sp³-hybridized carbons (Fsp3) is 0.400. The van der Waals surface area contributed by atoms with Gasteiger partial charge in [-0.3, -0.25) is 5.41 Å². The minimum absolute atomic E-state index is 0. The first-order valence-corrected chi connectivity index (χ1v) is 5.78. The lowest BCUT2D eigenvalue weighted by Crippen LogP contribution is -2.14. The summed E-state index contributed by atoms with van der Waals surface area (Å²) in [6, 6.07) is 1.54. The van der Waals surface area contributed by atoms with E-state index in [1.807, 2.05) is 0 Å². The smallest absolute Gasteiger partial charge is 0.357 e. The van der Waals surface area contributed by atoms with Crippen LogP contribution in [0.1, 0.15) is 30.0 Å². The second-order valence-electron chi connectivity index (χ2n) is 3.60. The molecule has 0 radical (unpaired) electrons. The van der Waals surface area contributed by atoms with E-state index in [2.05, 4.69) is 9.97 Å². The van der Waals surface area contributed by atoms with E-state index in [4.69, 9.17) is 15.9 Å². The van der Waals surface area contributed by atoms with E-state index in [0.717, 1.165) is 11.8 Å². The van der Waals surface area contributed by atoms with Crippen LogP contribution in [0.4, 0.5) is 0 Å². The predicted octanol–water partition coefficient (Wildman–Crippen LogP) is 1.91. The minimum Gasteiger partial charge on any atom is -0.458 e. The van der Waals surface area contributed by atoms with Gasteiger partial charge in [0.2, 0.25) is 0 Å². The van der Waals surface area contributed by atoms with E-state index < -0.39 is 5.97 Å². The standard InChI is InChI=1S/C10H14N4O2S.BrH/c1-5(2)16-8(15)7-4-6(3)13-10(14-7)17-9(11)12;/h4-5H,1-3H3,(H3,11,12);1H. The summed E-state index contributed by atoms with van der Waals surface area (Å²) in [7, 11) is 0. The molecular formula is C10H15BrN4O2S. The number of hydrogen-bond donors (Lipinski definition) is 2. The lowest BCUT2D eigenvalue weighted by atomic mass is 10.3. The average molecular weight is 335 g/mol. The molecule has 18 heavy (non-hydrogen) atoms. The molecule has 0 unspecified atom stereocenters. The molecule has 1 aromatic heterocycles. The lowest BCUT2D eigenvalue weighted by Gasteiger charge is -2.08. The molecule has 0 saturated heterocycles. The Kier molecular flexibility index (Phi) is 6.85. The highest BCUT2D eigenvalue weighted by atomic mass is 79.9. The van der Waals surface area contributed by atoms with Gasteiger partial charge in [0.05, 0.1) is 6.10 Å². The van der Waals surface area contributed by atoms with Gasteiger partial charge in [-0.25, -0.2) is 14.8 Å². The normalized spacial score (nSPS) is 9.78. The van der Waals surface area contributed by atoms with Gasteiger partial charge in [-0.15, -0.1) is 17.0 Å². The fourth-order valence-corrected chi connectivity index (χ4v) is 1.59. The number of hydrogen-bond acceptors (Lipinski definition) is 6. The van der Waals surface area contributed by atoms with Crippen LogP contribution in [0.5, 0.6) is 0 Å². The third-order valence-corrected chi connectivity index (χ3v) is 2.17. The molecule has 0 spiro atoms. The van der Waals surface area contributed by atoms with Crippen LogP contribution in [0, 0.1) is 12.3 Å². The first kappa shape index (κ1) is 16.9. The molecule has 0 aliphatic carbocycles. The number of nitrogens with zero attached hydrogens (tertiary/aromatic N) is 2. The van der Waals surface area contributed by atoms with Gasteiger partial charge in [0, 0.05) is 5.69 Å². The van der Waals surface area contributed by atoms with Crippen LogP contribution < -0.4 is 5.73 Å². The summed E-state index contributed by atoms with van der Waals surface area (Å²) in [4.78, 5) is 19.7. The second-order valence-corrected chi connectivity index (χ2v) is 4.61. The van der Waals surface area contributed by atoms with Crippen molar-refractivity contribution in [3.8, 4) is 0 Å². The number of carbonyl (C=O) groups is 1. The number of nitrogens with two attached hydrogens (primary N) is 1. The third-order valence-electron chi connectivity index (χ3n) is 1.59. The van der Waals surface area contributed by atoms with Crippen molar-refractivity contribution >= 4 is 39.9 Å². The van der Waals surface area contributed by atoms with Crippen LogP contribution in [0.2, 0.25) is 0 Å². The number of halogens is 1. The Morgan fingerprint density at radius 2 is 2.11 bits per heavy atom. The summed E-state index contributed by atoms with van der Waals surface area (Å²) in [5, 5.41) is 7.28. The number of aromatic nitrogens is 2. The van der Waals surface area contributed by atoms with Gasteiger partial charge in [-0.05, 0) is 38.6 Å². The summed E-state index contributed by atoms with van der Waals surface area (Å²) in [5.74, 6) is -0.504. The van der Waals surface area contributed by atoms with E-state index >= 15 is 0 Å². The second kappa shape index (κ2) is 7.32. The quantitative estimate of drug-likeness (QED) is 0.288. The zero-order chi connectivity index (χ0) is 13.0. The van der Waals surface area contributed by atoms with Gasteiger partial charge >= 0.3 is 5.97 Å². The molecule has 100 valence electrons.